The molecule has 1 unspecified atom stereocenters. The standard InChI is InChI=1S/C25H33N3O2/c1-27-13-5-8-21-18-22(10-11-23(21)27)24(28-14-16-30-17-15-28)19-26-25(29)12-9-20-6-3-2-4-7-20/h2-4,6-7,10-11,18,24H,5,8-9,12-17,19H2,1H3,(H,26,29). The molecule has 0 spiro atoms. The molecule has 0 saturated carbocycles. The minimum absolute atomic E-state index is 0.120. The number of morpholine rings is 1. The van der Waals surface area contributed by atoms with Gasteiger partial charge in [0.25, 0.3) is 0 Å². The maximum atomic E-state index is 12.5. The first-order valence-electron chi connectivity index (χ1n) is 11.2. The van der Waals surface area contributed by atoms with E-state index in [0.717, 1.165) is 45.7 Å². The number of amides is 1. The van der Waals surface area contributed by atoms with Crippen molar-refractivity contribution in [3.8, 4) is 0 Å². The molecule has 2 aliphatic heterocycles. The Bertz CT molecular complexity index is 834. The predicted molar refractivity (Wildman–Crippen MR) is 121 cm³/mol. The van der Waals surface area contributed by atoms with Gasteiger partial charge in [-0.3, -0.25) is 9.69 Å². The summed E-state index contributed by atoms with van der Waals surface area (Å²) in [4.78, 5) is 17.3. The van der Waals surface area contributed by atoms with Crippen molar-refractivity contribution in [3.05, 3.63) is 65.2 Å². The van der Waals surface area contributed by atoms with Gasteiger partial charge in [0.1, 0.15) is 0 Å². The van der Waals surface area contributed by atoms with Crippen LogP contribution in [0.1, 0.15) is 35.6 Å². The van der Waals surface area contributed by atoms with E-state index in [2.05, 4.69) is 52.5 Å². The van der Waals surface area contributed by atoms with Crippen LogP contribution >= 0.6 is 0 Å². The summed E-state index contributed by atoms with van der Waals surface area (Å²) in [5, 5.41) is 3.21. The van der Waals surface area contributed by atoms with Gasteiger partial charge in [0, 0.05) is 45.3 Å². The SMILES string of the molecule is CN1CCCc2cc(C(CNC(=O)CCc3ccccc3)N3CCOCC3)ccc21. The molecule has 4 rings (SSSR count). The average Bonchev–Trinajstić information content (AvgIpc) is 2.79. The highest BCUT2D eigenvalue weighted by molar-refractivity contribution is 5.76. The monoisotopic (exact) mass is 407 g/mol. The van der Waals surface area contributed by atoms with E-state index in [1.165, 1.54) is 28.8 Å². The molecular formula is C25H33N3O2. The van der Waals surface area contributed by atoms with Gasteiger partial charge in [-0.1, -0.05) is 42.5 Å². The van der Waals surface area contributed by atoms with Crippen molar-refractivity contribution in [1.82, 2.24) is 10.2 Å². The zero-order valence-corrected chi connectivity index (χ0v) is 18.0. The molecule has 0 radical (unpaired) electrons. The Morgan fingerprint density at radius 2 is 1.90 bits per heavy atom. The lowest BCUT2D eigenvalue weighted by atomic mass is 9.95. The van der Waals surface area contributed by atoms with Crippen LogP contribution in [0.15, 0.2) is 48.5 Å². The highest BCUT2D eigenvalue weighted by Gasteiger charge is 2.25. The Balaban J connectivity index is 1.43. The fourth-order valence-electron chi connectivity index (χ4n) is 4.56. The van der Waals surface area contributed by atoms with Gasteiger partial charge in [-0.25, -0.2) is 0 Å². The molecule has 5 heteroatoms. The molecule has 1 amide bonds. The highest BCUT2D eigenvalue weighted by Crippen LogP contribution is 2.30. The van der Waals surface area contributed by atoms with Gasteiger partial charge in [0.2, 0.25) is 5.91 Å². The second-order valence-electron chi connectivity index (χ2n) is 8.37. The Kier molecular flexibility index (Phi) is 7.03. The molecule has 1 atom stereocenters. The number of aryl methyl sites for hydroxylation is 2. The summed E-state index contributed by atoms with van der Waals surface area (Å²) in [7, 11) is 2.17. The molecule has 1 saturated heterocycles. The first-order valence-corrected chi connectivity index (χ1v) is 11.2. The summed E-state index contributed by atoms with van der Waals surface area (Å²) in [6.45, 7) is 5.08. The lowest BCUT2D eigenvalue weighted by molar-refractivity contribution is -0.121. The maximum absolute atomic E-state index is 12.5. The molecule has 160 valence electrons. The van der Waals surface area contributed by atoms with Crippen LogP contribution in [0.5, 0.6) is 0 Å². The molecule has 0 aromatic heterocycles. The van der Waals surface area contributed by atoms with E-state index in [9.17, 15) is 4.79 Å². The molecule has 0 aliphatic carbocycles. The van der Waals surface area contributed by atoms with E-state index in [1.807, 2.05) is 18.2 Å². The molecule has 2 aliphatic rings. The van der Waals surface area contributed by atoms with Crippen LogP contribution < -0.4 is 10.2 Å². The van der Waals surface area contributed by atoms with Crippen molar-refractivity contribution in [2.45, 2.75) is 31.7 Å². The van der Waals surface area contributed by atoms with Crippen molar-refractivity contribution in [3.63, 3.8) is 0 Å². The third-order valence-corrected chi connectivity index (χ3v) is 6.30. The smallest absolute Gasteiger partial charge is 0.220 e. The van der Waals surface area contributed by atoms with Crippen molar-refractivity contribution in [1.29, 1.82) is 0 Å². The third-order valence-electron chi connectivity index (χ3n) is 6.30. The van der Waals surface area contributed by atoms with E-state index >= 15 is 0 Å². The Hall–Kier alpha value is -2.37. The fourth-order valence-corrected chi connectivity index (χ4v) is 4.56. The average molecular weight is 408 g/mol. The van der Waals surface area contributed by atoms with Gasteiger partial charge >= 0.3 is 0 Å². The number of nitrogens with one attached hydrogen (secondary N) is 1. The van der Waals surface area contributed by atoms with Crippen LogP contribution in [0.4, 0.5) is 5.69 Å². The number of fused-ring (bicyclic) bond motifs is 1. The number of anilines is 1. The molecule has 0 bridgehead atoms. The van der Waals surface area contributed by atoms with Gasteiger partial charge < -0.3 is 15.0 Å². The van der Waals surface area contributed by atoms with E-state index < -0.39 is 0 Å². The minimum Gasteiger partial charge on any atom is -0.379 e. The lowest BCUT2D eigenvalue weighted by Gasteiger charge is -2.36. The summed E-state index contributed by atoms with van der Waals surface area (Å²) in [5.41, 5.74) is 5.28. The number of hydrogen-bond donors (Lipinski definition) is 1. The Labute approximate surface area is 180 Å². The summed E-state index contributed by atoms with van der Waals surface area (Å²) >= 11 is 0. The number of nitrogens with zero attached hydrogens (tertiary/aromatic N) is 2. The zero-order valence-electron chi connectivity index (χ0n) is 18.0. The van der Waals surface area contributed by atoms with Crippen LogP contribution in [0.3, 0.4) is 0 Å². The fraction of sp³-hybridized carbons (Fsp3) is 0.480. The van der Waals surface area contributed by atoms with Crippen LogP contribution in [-0.4, -0.2) is 57.2 Å². The molecule has 30 heavy (non-hydrogen) atoms. The number of ether oxygens (including phenoxy) is 1. The van der Waals surface area contributed by atoms with Gasteiger partial charge in [-0.2, -0.15) is 0 Å². The third kappa shape index (κ3) is 5.21. The van der Waals surface area contributed by atoms with Crippen molar-refractivity contribution < 1.29 is 9.53 Å². The van der Waals surface area contributed by atoms with Crippen LogP contribution in [0.2, 0.25) is 0 Å². The Morgan fingerprint density at radius 1 is 1.10 bits per heavy atom. The first kappa shape index (κ1) is 20.9. The second kappa shape index (κ2) is 10.1. The quantitative estimate of drug-likeness (QED) is 0.766. The number of hydrogen-bond acceptors (Lipinski definition) is 4. The number of carbonyl (C=O) groups is 1. The summed E-state index contributed by atoms with van der Waals surface area (Å²) in [6.07, 6.45) is 3.63. The summed E-state index contributed by atoms with van der Waals surface area (Å²) < 4.78 is 5.57. The molecule has 2 heterocycles. The lowest BCUT2D eigenvalue weighted by Crippen LogP contribution is -2.44. The molecule has 1 fully saturated rings. The minimum atomic E-state index is 0.120. The van der Waals surface area contributed by atoms with Crippen molar-refractivity contribution in [2.24, 2.45) is 0 Å². The number of benzene rings is 2. The van der Waals surface area contributed by atoms with Crippen molar-refractivity contribution >= 4 is 11.6 Å². The molecular weight excluding hydrogens is 374 g/mol. The van der Waals surface area contributed by atoms with Crippen LogP contribution in [-0.2, 0) is 22.4 Å². The molecule has 2 aromatic carbocycles. The van der Waals surface area contributed by atoms with Gasteiger partial charge in [0.05, 0.1) is 19.3 Å². The van der Waals surface area contributed by atoms with Gasteiger partial charge in [-0.05, 0) is 42.0 Å². The summed E-state index contributed by atoms with van der Waals surface area (Å²) in [6, 6.07) is 17.3. The zero-order chi connectivity index (χ0) is 20.8. The van der Waals surface area contributed by atoms with E-state index in [1.54, 1.807) is 0 Å². The maximum Gasteiger partial charge on any atom is 0.220 e. The number of rotatable bonds is 7. The molecule has 1 N–H and O–H groups in total. The normalized spacial score (nSPS) is 18.0. The largest absolute Gasteiger partial charge is 0.379 e. The van der Waals surface area contributed by atoms with Gasteiger partial charge in [0.15, 0.2) is 0 Å². The van der Waals surface area contributed by atoms with E-state index in [-0.39, 0.29) is 11.9 Å². The Morgan fingerprint density at radius 3 is 2.70 bits per heavy atom. The number of carbonyl (C=O) groups excluding carboxylic acids is 1. The van der Waals surface area contributed by atoms with E-state index in [4.69, 9.17) is 4.74 Å². The summed E-state index contributed by atoms with van der Waals surface area (Å²) in [5.74, 6) is 0.120. The predicted octanol–water partition coefficient (Wildman–Crippen LogP) is 3.19. The first-order chi connectivity index (χ1) is 14.7. The van der Waals surface area contributed by atoms with E-state index in [0.29, 0.717) is 13.0 Å². The van der Waals surface area contributed by atoms with Crippen LogP contribution in [0.25, 0.3) is 0 Å². The van der Waals surface area contributed by atoms with Crippen LogP contribution in [0, 0.1) is 0 Å². The topological polar surface area (TPSA) is 44.8 Å². The second-order valence-corrected chi connectivity index (χ2v) is 8.37. The molecule has 2 aromatic rings. The van der Waals surface area contributed by atoms with Crippen molar-refractivity contribution in [2.75, 3.05) is 51.3 Å². The molecule has 5 nitrogen and oxygen atoms in total. The van der Waals surface area contributed by atoms with Gasteiger partial charge in [-0.15, -0.1) is 0 Å². The highest BCUT2D eigenvalue weighted by atomic mass is 16.5.